The van der Waals surface area contributed by atoms with Crippen molar-refractivity contribution in [3.63, 3.8) is 0 Å². The summed E-state index contributed by atoms with van der Waals surface area (Å²) >= 11 is 0. The SMILES string of the molecule is CC(C)(C)OC(=O)N[C@@H](Cc1ccccc1)C(=O)N[C@@H](CC1CCC1)B1O[C@@H]2C[C@@H]3C[C@@H](C3(C)C)[C@]2(C)O1. The molecule has 1 aromatic carbocycles. The number of carbonyl (C=O) groups is 2. The van der Waals surface area contributed by atoms with E-state index < -0.39 is 24.9 Å². The summed E-state index contributed by atoms with van der Waals surface area (Å²) in [6, 6.07) is 8.97. The highest BCUT2D eigenvalue weighted by Crippen LogP contribution is 2.65. The fourth-order valence-electron chi connectivity index (χ4n) is 7.19. The molecule has 1 heterocycles. The Bertz CT molecular complexity index is 1020. The van der Waals surface area contributed by atoms with Crippen LogP contribution in [0.25, 0.3) is 0 Å². The zero-order valence-electron chi connectivity index (χ0n) is 23.9. The van der Waals surface area contributed by atoms with E-state index in [9.17, 15) is 9.59 Å². The van der Waals surface area contributed by atoms with Crippen LogP contribution < -0.4 is 10.6 Å². The van der Waals surface area contributed by atoms with Crippen LogP contribution in [0, 0.1) is 23.2 Å². The van der Waals surface area contributed by atoms with E-state index in [2.05, 4.69) is 31.4 Å². The number of rotatable bonds is 8. The molecule has 7 nitrogen and oxygen atoms in total. The third-order valence-corrected chi connectivity index (χ3v) is 9.73. The molecule has 2 amide bonds. The monoisotopic (exact) mass is 524 g/mol. The summed E-state index contributed by atoms with van der Waals surface area (Å²) in [5.41, 5.74) is 0.238. The van der Waals surface area contributed by atoms with Gasteiger partial charge in [-0.3, -0.25) is 4.79 Å². The summed E-state index contributed by atoms with van der Waals surface area (Å²) in [7, 11) is -0.483. The van der Waals surface area contributed by atoms with Crippen LogP contribution in [0.15, 0.2) is 30.3 Å². The third kappa shape index (κ3) is 5.49. The van der Waals surface area contributed by atoms with Crippen molar-refractivity contribution in [2.24, 2.45) is 23.2 Å². The van der Waals surface area contributed by atoms with Gasteiger partial charge in [-0.25, -0.2) is 4.79 Å². The fraction of sp³-hybridized carbons (Fsp3) is 0.733. The van der Waals surface area contributed by atoms with E-state index in [0.29, 0.717) is 24.2 Å². The molecule has 0 radical (unpaired) electrons. The molecule has 8 heteroatoms. The number of alkyl carbamates (subject to hydrolysis) is 1. The van der Waals surface area contributed by atoms with Gasteiger partial charge in [0.25, 0.3) is 0 Å². The molecule has 2 N–H and O–H groups in total. The molecule has 1 saturated heterocycles. The van der Waals surface area contributed by atoms with E-state index in [1.807, 2.05) is 51.1 Å². The predicted octanol–water partition coefficient (Wildman–Crippen LogP) is 5.06. The molecule has 0 aromatic heterocycles. The molecule has 4 aliphatic carbocycles. The van der Waals surface area contributed by atoms with Gasteiger partial charge in [-0.15, -0.1) is 0 Å². The zero-order valence-corrected chi connectivity index (χ0v) is 23.9. The molecular formula is C30H45BN2O5. The number of hydrogen-bond donors (Lipinski definition) is 2. The Labute approximate surface area is 228 Å². The van der Waals surface area contributed by atoms with E-state index in [1.54, 1.807) is 0 Å². The second kappa shape index (κ2) is 10.2. The Morgan fingerprint density at radius 2 is 1.82 bits per heavy atom. The average molecular weight is 525 g/mol. The topological polar surface area (TPSA) is 85.9 Å². The maximum absolute atomic E-state index is 13.8. The van der Waals surface area contributed by atoms with Gasteiger partial charge in [-0.05, 0) is 75.7 Å². The summed E-state index contributed by atoms with van der Waals surface area (Å²) in [6.45, 7) is 12.4. The number of hydrogen-bond acceptors (Lipinski definition) is 5. The molecule has 38 heavy (non-hydrogen) atoms. The van der Waals surface area contributed by atoms with Crippen molar-refractivity contribution in [1.29, 1.82) is 0 Å². The van der Waals surface area contributed by atoms with Crippen LogP contribution in [0.3, 0.4) is 0 Å². The van der Waals surface area contributed by atoms with E-state index in [1.165, 1.54) is 25.7 Å². The number of nitrogens with one attached hydrogen (secondary N) is 2. The van der Waals surface area contributed by atoms with Gasteiger partial charge >= 0.3 is 13.2 Å². The normalized spacial score (nSPS) is 31.3. The highest BCUT2D eigenvalue weighted by molar-refractivity contribution is 6.48. The fourth-order valence-corrected chi connectivity index (χ4v) is 7.19. The molecule has 0 unspecified atom stereocenters. The van der Waals surface area contributed by atoms with Gasteiger partial charge in [0.1, 0.15) is 11.6 Å². The average Bonchev–Trinajstić information content (AvgIpc) is 3.16. The molecule has 0 spiro atoms. The second-order valence-electron chi connectivity index (χ2n) is 13.9. The van der Waals surface area contributed by atoms with Crippen LogP contribution in [0.2, 0.25) is 0 Å². The van der Waals surface area contributed by atoms with Gasteiger partial charge in [-0.2, -0.15) is 0 Å². The number of carbonyl (C=O) groups excluding carboxylic acids is 2. The molecule has 1 aliphatic heterocycles. The van der Waals surface area contributed by atoms with Crippen molar-refractivity contribution in [2.75, 3.05) is 0 Å². The summed E-state index contributed by atoms with van der Waals surface area (Å²) < 4.78 is 18.8. The van der Waals surface area contributed by atoms with Crippen LogP contribution in [-0.2, 0) is 25.3 Å². The number of benzene rings is 1. The smallest absolute Gasteiger partial charge is 0.444 e. The van der Waals surface area contributed by atoms with E-state index >= 15 is 0 Å². The van der Waals surface area contributed by atoms with E-state index in [-0.39, 0.29) is 29.0 Å². The van der Waals surface area contributed by atoms with Crippen LogP contribution >= 0.6 is 0 Å². The summed E-state index contributed by atoms with van der Waals surface area (Å²) in [6.07, 6.45) is 6.41. The molecular weight excluding hydrogens is 479 g/mol. The Morgan fingerprint density at radius 3 is 2.42 bits per heavy atom. The van der Waals surface area contributed by atoms with Crippen LogP contribution in [0.4, 0.5) is 4.79 Å². The molecule has 6 rings (SSSR count). The zero-order chi connectivity index (χ0) is 27.3. The highest BCUT2D eigenvalue weighted by atomic mass is 16.7. The Balaban J connectivity index is 1.32. The van der Waals surface area contributed by atoms with Crippen molar-refractivity contribution < 1.29 is 23.6 Å². The Hall–Kier alpha value is -2.06. The standard InChI is InChI=1S/C30H45BN2O5/c1-28(2,3)36-27(35)32-22(15-19-11-8-7-9-12-19)26(34)33-25(16-20-13-10-14-20)31-37-24-18-21-17-23(29(21,4)5)30(24,6)38-31/h7-9,11-12,20-25H,10,13-18H2,1-6H3,(H,32,35)(H,33,34)/t21-,22-,23-,24+,25-,30-/m0/s1. The first-order valence-electron chi connectivity index (χ1n) is 14.5. The number of amides is 2. The lowest BCUT2D eigenvalue weighted by Gasteiger charge is -2.64. The van der Waals surface area contributed by atoms with Crippen molar-refractivity contribution in [3.8, 4) is 0 Å². The van der Waals surface area contributed by atoms with Gasteiger partial charge in [0.05, 0.1) is 17.6 Å². The first-order valence-corrected chi connectivity index (χ1v) is 14.5. The van der Waals surface area contributed by atoms with Crippen molar-refractivity contribution in [1.82, 2.24) is 10.6 Å². The largest absolute Gasteiger partial charge is 0.481 e. The van der Waals surface area contributed by atoms with Crippen LogP contribution in [-0.4, -0.2) is 48.4 Å². The molecule has 5 aliphatic rings. The molecule has 4 saturated carbocycles. The molecule has 1 aromatic rings. The summed E-state index contributed by atoms with van der Waals surface area (Å²) in [4.78, 5) is 26.5. The van der Waals surface area contributed by atoms with Gasteiger partial charge in [-0.1, -0.05) is 63.4 Å². The first-order chi connectivity index (χ1) is 17.8. The lowest BCUT2D eigenvalue weighted by molar-refractivity contribution is -0.199. The van der Waals surface area contributed by atoms with Crippen molar-refractivity contribution in [2.45, 2.75) is 116 Å². The molecule has 5 fully saturated rings. The minimum Gasteiger partial charge on any atom is -0.444 e. The van der Waals surface area contributed by atoms with Gasteiger partial charge in [0.15, 0.2) is 0 Å². The minimum atomic E-state index is -0.776. The molecule has 6 atom stereocenters. The van der Waals surface area contributed by atoms with E-state index in [4.69, 9.17) is 14.0 Å². The third-order valence-electron chi connectivity index (χ3n) is 9.73. The quantitative estimate of drug-likeness (QED) is 0.464. The van der Waals surface area contributed by atoms with Crippen molar-refractivity contribution in [3.05, 3.63) is 35.9 Å². The molecule has 208 valence electrons. The Kier molecular flexibility index (Phi) is 7.36. The second-order valence-corrected chi connectivity index (χ2v) is 13.9. The first kappa shape index (κ1) is 27.5. The van der Waals surface area contributed by atoms with Gasteiger partial charge < -0.3 is 24.7 Å². The van der Waals surface area contributed by atoms with Gasteiger partial charge in [0, 0.05) is 6.42 Å². The van der Waals surface area contributed by atoms with Crippen molar-refractivity contribution >= 4 is 19.1 Å². The van der Waals surface area contributed by atoms with Gasteiger partial charge in [0.2, 0.25) is 5.91 Å². The maximum atomic E-state index is 13.8. The number of ether oxygens (including phenoxy) is 1. The minimum absolute atomic E-state index is 0.0603. The highest BCUT2D eigenvalue weighted by Gasteiger charge is 2.68. The Morgan fingerprint density at radius 1 is 1.11 bits per heavy atom. The molecule has 2 bridgehead atoms. The lowest BCUT2D eigenvalue weighted by Crippen LogP contribution is -2.65. The summed E-state index contributed by atoms with van der Waals surface area (Å²) in [5.74, 6) is 1.18. The summed E-state index contributed by atoms with van der Waals surface area (Å²) in [5, 5.41) is 6.09. The predicted molar refractivity (Wildman–Crippen MR) is 147 cm³/mol. The lowest BCUT2D eigenvalue weighted by atomic mass is 9.43. The van der Waals surface area contributed by atoms with E-state index in [0.717, 1.165) is 18.4 Å². The van der Waals surface area contributed by atoms with Crippen LogP contribution in [0.5, 0.6) is 0 Å². The van der Waals surface area contributed by atoms with Crippen LogP contribution in [0.1, 0.15) is 85.6 Å². The maximum Gasteiger partial charge on any atom is 0.481 e.